The van der Waals surface area contributed by atoms with E-state index in [1.807, 2.05) is 31.2 Å². The second-order valence-electron chi connectivity index (χ2n) is 6.62. The van der Waals surface area contributed by atoms with Gasteiger partial charge in [-0.2, -0.15) is 0 Å². The second-order valence-corrected chi connectivity index (χ2v) is 6.62. The number of hydrogen-bond acceptors (Lipinski definition) is 5. The molecule has 2 rings (SSSR count). The van der Waals surface area contributed by atoms with Crippen LogP contribution in [0, 0.1) is 0 Å². The number of hydrogen-bond donors (Lipinski definition) is 2. The molecule has 1 fully saturated rings. The SMILES string of the molecule is CCOc1ccccc1CCC(=O)OC(C)C(=O)NC(=O)NC1CCCC1. The van der Waals surface area contributed by atoms with Gasteiger partial charge >= 0.3 is 12.0 Å². The number of rotatable bonds is 8. The number of carbonyl (C=O) groups excluding carboxylic acids is 3. The number of benzene rings is 1. The molecule has 0 radical (unpaired) electrons. The van der Waals surface area contributed by atoms with E-state index in [0.717, 1.165) is 37.0 Å². The molecule has 27 heavy (non-hydrogen) atoms. The molecule has 0 heterocycles. The third-order valence-corrected chi connectivity index (χ3v) is 4.48. The second kappa shape index (κ2) is 10.5. The molecular formula is C20H28N2O5. The first-order valence-electron chi connectivity index (χ1n) is 9.51. The molecule has 1 aliphatic carbocycles. The number of aryl methyl sites for hydroxylation is 1. The monoisotopic (exact) mass is 376 g/mol. The molecule has 0 aliphatic heterocycles. The number of carbonyl (C=O) groups is 3. The summed E-state index contributed by atoms with van der Waals surface area (Å²) in [6, 6.07) is 7.06. The minimum absolute atomic E-state index is 0.112. The quantitative estimate of drug-likeness (QED) is 0.681. The molecule has 3 amide bonds. The summed E-state index contributed by atoms with van der Waals surface area (Å²) in [5.41, 5.74) is 0.907. The average molecular weight is 376 g/mol. The molecule has 1 saturated carbocycles. The van der Waals surface area contributed by atoms with E-state index in [0.29, 0.717) is 13.0 Å². The molecule has 1 aliphatic rings. The van der Waals surface area contributed by atoms with Crippen LogP contribution in [-0.4, -0.2) is 36.7 Å². The minimum Gasteiger partial charge on any atom is -0.494 e. The molecule has 7 heteroatoms. The van der Waals surface area contributed by atoms with Crippen LogP contribution in [0.4, 0.5) is 4.79 Å². The third-order valence-electron chi connectivity index (χ3n) is 4.48. The maximum absolute atomic E-state index is 12.0. The zero-order chi connectivity index (χ0) is 19.6. The van der Waals surface area contributed by atoms with E-state index >= 15 is 0 Å². The Morgan fingerprint density at radius 3 is 2.59 bits per heavy atom. The van der Waals surface area contributed by atoms with Crippen LogP contribution in [0.25, 0.3) is 0 Å². The van der Waals surface area contributed by atoms with Gasteiger partial charge in [-0.25, -0.2) is 4.79 Å². The Hall–Kier alpha value is -2.57. The zero-order valence-electron chi connectivity index (χ0n) is 16.0. The summed E-state index contributed by atoms with van der Waals surface area (Å²) in [5.74, 6) is -0.393. The van der Waals surface area contributed by atoms with Crippen molar-refractivity contribution in [2.45, 2.75) is 64.5 Å². The van der Waals surface area contributed by atoms with E-state index in [4.69, 9.17) is 9.47 Å². The van der Waals surface area contributed by atoms with Gasteiger partial charge in [-0.15, -0.1) is 0 Å². The van der Waals surface area contributed by atoms with Crippen LogP contribution in [0.1, 0.15) is 51.5 Å². The van der Waals surface area contributed by atoms with Crippen molar-refractivity contribution >= 4 is 17.9 Å². The maximum Gasteiger partial charge on any atom is 0.321 e. The van der Waals surface area contributed by atoms with Crippen LogP contribution in [0.3, 0.4) is 0 Å². The molecule has 0 bridgehead atoms. The van der Waals surface area contributed by atoms with E-state index in [-0.39, 0.29) is 12.5 Å². The summed E-state index contributed by atoms with van der Waals surface area (Å²) in [4.78, 5) is 35.8. The summed E-state index contributed by atoms with van der Waals surface area (Å²) in [6.45, 7) is 3.89. The largest absolute Gasteiger partial charge is 0.494 e. The number of imide groups is 1. The van der Waals surface area contributed by atoms with Gasteiger partial charge in [-0.05, 0) is 44.7 Å². The van der Waals surface area contributed by atoms with E-state index in [1.54, 1.807) is 0 Å². The zero-order valence-corrected chi connectivity index (χ0v) is 16.0. The predicted octanol–water partition coefficient (Wildman–Crippen LogP) is 2.72. The Labute approximate surface area is 159 Å². The predicted molar refractivity (Wildman–Crippen MR) is 100 cm³/mol. The van der Waals surface area contributed by atoms with Gasteiger partial charge in [0.15, 0.2) is 6.10 Å². The number of amides is 3. The lowest BCUT2D eigenvalue weighted by atomic mass is 10.1. The lowest BCUT2D eigenvalue weighted by molar-refractivity contribution is -0.154. The van der Waals surface area contributed by atoms with Gasteiger partial charge in [0.05, 0.1) is 6.61 Å². The summed E-state index contributed by atoms with van der Waals surface area (Å²) in [7, 11) is 0. The first kappa shape index (κ1) is 20.7. The molecule has 2 N–H and O–H groups in total. The average Bonchev–Trinajstić information content (AvgIpc) is 3.14. The summed E-state index contributed by atoms with van der Waals surface area (Å²) < 4.78 is 10.7. The smallest absolute Gasteiger partial charge is 0.321 e. The van der Waals surface area contributed by atoms with Crippen molar-refractivity contribution in [3.8, 4) is 5.75 Å². The minimum atomic E-state index is -1.03. The third kappa shape index (κ3) is 6.92. The molecule has 7 nitrogen and oxygen atoms in total. The lowest BCUT2D eigenvalue weighted by Gasteiger charge is -2.16. The maximum atomic E-state index is 12.0. The molecule has 0 spiro atoms. The van der Waals surface area contributed by atoms with Crippen LogP contribution in [-0.2, 0) is 20.7 Å². The van der Waals surface area contributed by atoms with E-state index in [1.165, 1.54) is 6.92 Å². The van der Waals surface area contributed by atoms with Gasteiger partial charge in [-0.1, -0.05) is 31.0 Å². The van der Waals surface area contributed by atoms with E-state index < -0.39 is 24.0 Å². The van der Waals surface area contributed by atoms with E-state index in [2.05, 4.69) is 10.6 Å². The Balaban J connectivity index is 1.74. The van der Waals surface area contributed by atoms with Gasteiger partial charge in [-0.3, -0.25) is 14.9 Å². The normalized spacial score (nSPS) is 15.0. The number of ether oxygens (including phenoxy) is 2. The Morgan fingerprint density at radius 1 is 1.19 bits per heavy atom. The molecule has 148 valence electrons. The number of nitrogens with one attached hydrogen (secondary N) is 2. The summed E-state index contributed by atoms with van der Waals surface area (Å²) in [6.07, 6.45) is 3.55. The fourth-order valence-electron chi connectivity index (χ4n) is 3.06. The van der Waals surface area contributed by atoms with Crippen LogP contribution in [0.15, 0.2) is 24.3 Å². The highest BCUT2D eigenvalue weighted by atomic mass is 16.5. The fourth-order valence-corrected chi connectivity index (χ4v) is 3.06. The summed E-state index contributed by atoms with van der Waals surface area (Å²) >= 11 is 0. The van der Waals surface area contributed by atoms with Crippen molar-refractivity contribution in [1.82, 2.24) is 10.6 Å². The van der Waals surface area contributed by atoms with Crippen molar-refractivity contribution in [1.29, 1.82) is 0 Å². The summed E-state index contributed by atoms with van der Waals surface area (Å²) in [5, 5.41) is 4.98. The van der Waals surface area contributed by atoms with Crippen LogP contribution in [0.2, 0.25) is 0 Å². The van der Waals surface area contributed by atoms with Crippen LogP contribution >= 0.6 is 0 Å². The molecule has 1 atom stereocenters. The number of urea groups is 1. The van der Waals surface area contributed by atoms with Gasteiger partial charge < -0.3 is 14.8 Å². The highest BCUT2D eigenvalue weighted by Gasteiger charge is 2.22. The highest BCUT2D eigenvalue weighted by molar-refractivity contribution is 5.97. The van der Waals surface area contributed by atoms with Crippen molar-refractivity contribution in [2.75, 3.05) is 6.61 Å². The molecule has 1 aromatic carbocycles. The molecule has 1 aromatic rings. The first-order chi connectivity index (χ1) is 13.0. The van der Waals surface area contributed by atoms with Crippen molar-refractivity contribution in [3.05, 3.63) is 29.8 Å². The van der Waals surface area contributed by atoms with Gasteiger partial charge in [0, 0.05) is 12.5 Å². The van der Waals surface area contributed by atoms with Crippen molar-refractivity contribution in [2.24, 2.45) is 0 Å². The van der Waals surface area contributed by atoms with Crippen LogP contribution < -0.4 is 15.4 Å². The van der Waals surface area contributed by atoms with Crippen molar-refractivity contribution < 1.29 is 23.9 Å². The fraction of sp³-hybridized carbons (Fsp3) is 0.550. The Morgan fingerprint density at radius 2 is 1.89 bits per heavy atom. The Bertz CT molecular complexity index is 656. The number of esters is 1. The van der Waals surface area contributed by atoms with Crippen molar-refractivity contribution in [3.63, 3.8) is 0 Å². The highest BCUT2D eigenvalue weighted by Crippen LogP contribution is 2.20. The topological polar surface area (TPSA) is 93.7 Å². The first-order valence-corrected chi connectivity index (χ1v) is 9.51. The van der Waals surface area contributed by atoms with Crippen LogP contribution in [0.5, 0.6) is 5.75 Å². The van der Waals surface area contributed by atoms with Gasteiger partial charge in [0.2, 0.25) is 0 Å². The van der Waals surface area contributed by atoms with Gasteiger partial charge in [0.25, 0.3) is 5.91 Å². The molecule has 1 unspecified atom stereocenters. The number of para-hydroxylation sites is 1. The molecule has 0 saturated heterocycles. The lowest BCUT2D eigenvalue weighted by Crippen LogP contribution is -2.47. The van der Waals surface area contributed by atoms with E-state index in [9.17, 15) is 14.4 Å². The molecule has 0 aromatic heterocycles. The van der Waals surface area contributed by atoms with Gasteiger partial charge in [0.1, 0.15) is 5.75 Å². The standard InChI is InChI=1S/C20H28N2O5/c1-3-26-17-11-7-4-8-15(17)12-13-18(23)27-14(2)19(24)22-20(25)21-16-9-5-6-10-16/h4,7-8,11,14,16H,3,5-6,9-10,12-13H2,1-2H3,(H2,21,22,24,25). The molecular weight excluding hydrogens is 348 g/mol. The Kier molecular flexibility index (Phi) is 8.10.